The fraction of sp³-hybridized carbons (Fsp3) is 0. The van der Waals surface area contributed by atoms with Crippen LogP contribution in [0.1, 0.15) is 0 Å². The van der Waals surface area contributed by atoms with E-state index in [-0.39, 0.29) is 11.8 Å². The van der Waals surface area contributed by atoms with Crippen LogP contribution in [0.2, 0.25) is 5.02 Å². The van der Waals surface area contributed by atoms with Crippen LogP contribution in [0.3, 0.4) is 0 Å². The van der Waals surface area contributed by atoms with Crippen molar-refractivity contribution in [3.8, 4) is 17.6 Å². The summed E-state index contributed by atoms with van der Waals surface area (Å²) in [6, 6.07) is 11.4. The largest absolute Gasteiger partial charge is 0.508 e. The zero-order valence-electron chi connectivity index (χ0n) is 9.13. The fourth-order valence-electron chi connectivity index (χ4n) is 1.54. The molecule has 0 fully saturated rings. The first-order valence-electron chi connectivity index (χ1n) is 5.24. The molecular formula is C13H8ClNO3. The minimum Gasteiger partial charge on any atom is -0.508 e. The summed E-state index contributed by atoms with van der Waals surface area (Å²) in [6.45, 7) is 0. The van der Waals surface area contributed by atoms with Crippen molar-refractivity contribution in [1.82, 2.24) is 4.98 Å². The Morgan fingerprint density at radius 1 is 1.11 bits per heavy atom. The molecule has 0 aliphatic carbocycles. The molecule has 0 aliphatic heterocycles. The van der Waals surface area contributed by atoms with Crippen molar-refractivity contribution in [2.45, 2.75) is 0 Å². The molecule has 4 nitrogen and oxygen atoms in total. The molecule has 18 heavy (non-hydrogen) atoms. The number of rotatable bonds is 2. The summed E-state index contributed by atoms with van der Waals surface area (Å²) in [5, 5.41) is 9.75. The average Bonchev–Trinajstić information content (AvgIpc) is 2.73. The van der Waals surface area contributed by atoms with E-state index in [1.54, 1.807) is 30.3 Å². The number of fused-ring (bicyclic) bond motifs is 1. The van der Waals surface area contributed by atoms with Crippen molar-refractivity contribution in [2.75, 3.05) is 0 Å². The Labute approximate surface area is 107 Å². The van der Waals surface area contributed by atoms with E-state index >= 15 is 0 Å². The third-order valence-electron chi connectivity index (χ3n) is 2.37. The minimum atomic E-state index is 0.137. The quantitative estimate of drug-likeness (QED) is 0.758. The number of aromatic nitrogens is 1. The maximum Gasteiger partial charge on any atom is 0.400 e. The number of halogens is 1. The van der Waals surface area contributed by atoms with Gasteiger partial charge in [0.2, 0.25) is 0 Å². The molecule has 0 aliphatic rings. The molecule has 0 saturated carbocycles. The van der Waals surface area contributed by atoms with E-state index in [9.17, 15) is 0 Å². The van der Waals surface area contributed by atoms with Gasteiger partial charge in [-0.25, -0.2) is 0 Å². The van der Waals surface area contributed by atoms with Gasteiger partial charge in [-0.05, 0) is 42.5 Å². The van der Waals surface area contributed by atoms with Crippen molar-refractivity contribution < 1.29 is 14.3 Å². The Morgan fingerprint density at radius 2 is 1.89 bits per heavy atom. The third kappa shape index (κ3) is 2.10. The van der Waals surface area contributed by atoms with E-state index < -0.39 is 0 Å². The van der Waals surface area contributed by atoms with E-state index in [2.05, 4.69) is 4.98 Å². The van der Waals surface area contributed by atoms with E-state index in [1.165, 1.54) is 12.1 Å². The van der Waals surface area contributed by atoms with Crippen LogP contribution in [-0.2, 0) is 0 Å². The maximum atomic E-state index is 9.16. The molecule has 3 aromatic rings. The number of hydrogen-bond donors (Lipinski definition) is 1. The highest BCUT2D eigenvalue weighted by atomic mass is 35.5. The molecule has 0 saturated heterocycles. The molecule has 0 amide bonds. The number of hydrogen-bond acceptors (Lipinski definition) is 4. The zero-order chi connectivity index (χ0) is 12.5. The van der Waals surface area contributed by atoms with Crippen LogP contribution in [0.15, 0.2) is 46.9 Å². The van der Waals surface area contributed by atoms with Gasteiger partial charge in [-0.2, -0.15) is 4.98 Å². The van der Waals surface area contributed by atoms with Gasteiger partial charge in [0.05, 0.1) is 0 Å². The minimum absolute atomic E-state index is 0.137. The third-order valence-corrected chi connectivity index (χ3v) is 2.61. The number of phenolic OH excluding ortho intramolecular Hbond substituents is 1. The number of aromatic hydroxyl groups is 1. The van der Waals surface area contributed by atoms with Gasteiger partial charge in [0.25, 0.3) is 0 Å². The molecular weight excluding hydrogens is 254 g/mol. The van der Waals surface area contributed by atoms with Crippen LogP contribution in [0.4, 0.5) is 0 Å². The topological polar surface area (TPSA) is 55.5 Å². The second-order valence-corrected chi connectivity index (χ2v) is 4.12. The molecule has 0 atom stereocenters. The van der Waals surface area contributed by atoms with Crippen LogP contribution in [0.25, 0.3) is 11.1 Å². The number of phenols is 1. The van der Waals surface area contributed by atoms with Crippen LogP contribution in [0.5, 0.6) is 17.6 Å². The van der Waals surface area contributed by atoms with Crippen molar-refractivity contribution in [2.24, 2.45) is 0 Å². The van der Waals surface area contributed by atoms with Crippen LogP contribution < -0.4 is 4.74 Å². The summed E-state index contributed by atoms with van der Waals surface area (Å²) in [6.07, 6.45) is 0.137. The van der Waals surface area contributed by atoms with Crippen LogP contribution in [0, 0.1) is 0 Å². The smallest absolute Gasteiger partial charge is 0.400 e. The van der Waals surface area contributed by atoms with Crippen LogP contribution in [-0.4, -0.2) is 10.1 Å². The second-order valence-electron chi connectivity index (χ2n) is 3.69. The van der Waals surface area contributed by atoms with Crippen LogP contribution >= 0.6 is 11.6 Å². The van der Waals surface area contributed by atoms with Gasteiger partial charge < -0.3 is 14.3 Å². The first-order chi connectivity index (χ1) is 8.70. The zero-order valence-corrected chi connectivity index (χ0v) is 9.89. The molecule has 90 valence electrons. The first kappa shape index (κ1) is 10.9. The molecule has 0 radical (unpaired) electrons. The number of oxazole rings is 1. The lowest BCUT2D eigenvalue weighted by molar-refractivity contribution is 0.342. The van der Waals surface area contributed by atoms with Gasteiger partial charge in [0, 0.05) is 5.02 Å². The lowest BCUT2D eigenvalue weighted by atomic mass is 10.3. The lowest BCUT2D eigenvalue weighted by Crippen LogP contribution is -1.82. The van der Waals surface area contributed by atoms with Gasteiger partial charge >= 0.3 is 6.08 Å². The predicted octanol–water partition coefficient (Wildman–Crippen LogP) is 3.98. The number of benzene rings is 2. The van der Waals surface area contributed by atoms with Gasteiger partial charge in [-0.15, -0.1) is 0 Å². The Morgan fingerprint density at radius 3 is 2.67 bits per heavy atom. The highest BCUT2D eigenvalue weighted by Gasteiger charge is 2.08. The molecule has 1 N–H and O–H groups in total. The molecule has 0 unspecified atom stereocenters. The summed E-state index contributed by atoms with van der Waals surface area (Å²) >= 11 is 5.86. The Kier molecular flexibility index (Phi) is 2.57. The molecule has 2 aromatic carbocycles. The average molecular weight is 262 g/mol. The molecule has 5 heteroatoms. The van der Waals surface area contributed by atoms with Gasteiger partial charge in [0.15, 0.2) is 5.58 Å². The summed E-state index contributed by atoms with van der Waals surface area (Å²) < 4.78 is 10.8. The van der Waals surface area contributed by atoms with Gasteiger partial charge in [-0.3, -0.25) is 0 Å². The van der Waals surface area contributed by atoms with Gasteiger partial charge in [0.1, 0.15) is 17.0 Å². The summed E-state index contributed by atoms with van der Waals surface area (Å²) in [4.78, 5) is 4.16. The summed E-state index contributed by atoms with van der Waals surface area (Å²) in [7, 11) is 0. The fourth-order valence-corrected chi connectivity index (χ4v) is 1.70. The maximum absolute atomic E-state index is 9.16. The van der Waals surface area contributed by atoms with Crippen molar-refractivity contribution >= 4 is 22.7 Å². The Hall–Kier alpha value is -2.20. The summed E-state index contributed by atoms with van der Waals surface area (Å²) in [5.41, 5.74) is 1.24. The predicted molar refractivity (Wildman–Crippen MR) is 67.2 cm³/mol. The molecule has 1 heterocycles. The number of ether oxygens (including phenoxy) is 1. The monoisotopic (exact) mass is 261 g/mol. The normalized spacial score (nSPS) is 10.7. The number of nitrogens with zero attached hydrogens (tertiary/aromatic N) is 1. The van der Waals surface area contributed by atoms with E-state index in [0.29, 0.717) is 21.9 Å². The van der Waals surface area contributed by atoms with E-state index in [0.717, 1.165) is 0 Å². The first-order valence-corrected chi connectivity index (χ1v) is 5.61. The summed E-state index contributed by atoms with van der Waals surface area (Å²) in [5.74, 6) is 0.706. The van der Waals surface area contributed by atoms with Crippen molar-refractivity contribution in [3.63, 3.8) is 0 Å². The van der Waals surface area contributed by atoms with Crippen molar-refractivity contribution in [1.29, 1.82) is 0 Å². The molecule has 1 aromatic heterocycles. The lowest BCUT2D eigenvalue weighted by Gasteiger charge is -1.99. The van der Waals surface area contributed by atoms with Crippen molar-refractivity contribution in [3.05, 3.63) is 47.5 Å². The highest BCUT2D eigenvalue weighted by Crippen LogP contribution is 2.27. The SMILES string of the molecule is Oc1ccc(Oc2nc3cc(Cl)ccc3o2)cc1. The van der Waals surface area contributed by atoms with E-state index in [4.69, 9.17) is 25.9 Å². The highest BCUT2D eigenvalue weighted by molar-refractivity contribution is 6.31. The Bertz CT molecular complexity index is 691. The molecule has 0 spiro atoms. The standard InChI is InChI=1S/C13H8ClNO3/c14-8-1-6-12-11(7-8)15-13(18-12)17-10-4-2-9(16)3-5-10/h1-7,16H. The molecule has 3 rings (SSSR count). The second kappa shape index (κ2) is 4.23. The Balaban J connectivity index is 1.92. The van der Waals surface area contributed by atoms with Gasteiger partial charge in [-0.1, -0.05) is 11.6 Å². The van der Waals surface area contributed by atoms with E-state index in [1.807, 2.05) is 0 Å². The molecule has 0 bridgehead atoms.